The van der Waals surface area contributed by atoms with Gasteiger partial charge in [-0.25, -0.2) is 13.1 Å². The van der Waals surface area contributed by atoms with Crippen LogP contribution in [0.2, 0.25) is 0 Å². The van der Waals surface area contributed by atoms with Crippen LogP contribution in [-0.2, 0) is 23.6 Å². The van der Waals surface area contributed by atoms with Crippen molar-refractivity contribution in [3.8, 4) is 0 Å². The Bertz CT molecular complexity index is 671. The van der Waals surface area contributed by atoms with E-state index in [0.717, 1.165) is 11.3 Å². The molecule has 0 aliphatic rings. The number of nitrogen functional groups attached to an aromatic ring is 1. The second-order valence-corrected chi connectivity index (χ2v) is 6.12. The number of nitrogens with zero attached hydrogens (tertiary/aromatic N) is 2. The summed E-state index contributed by atoms with van der Waals surface area (Å²) in [5, 5.41) is 3.98. The maximum Gasteiger partial charge on any atom is 0.241 e. The second-order valence-electron chi connectivity index (χ2n) is 4.35. The van der Waals surface area contributed by atoms with Gasteiger partial charge >= 0.3 is 0 Å². The molecular formula is C12H16N4O2S. The molecule has 0 saturated carbocycles. The van der Waals surface area contributed by atoms with Gasteiger partial charge in [-0.3, -0.25) is 4.68 Å². The molecule has 0 atom stereocenters. The highest BCUT2D eigenvalue weighted by Gasteiger charge is 2.15. The van der Waals surface area contributed by atoms with Crippen LogP contribution in [0.1, 0.15) is 11.3 Å². The third kappa shape index (κ3) is 3.12. The first-order valence-electron chi connectivity index (χ1n) is 5.72. The number of anilines is 1. The Morgan fingerprint density at radius 1 is 1.37 bits per heavy atom. The minimum atomic E-state index is -3.57. The molecule has 3 N–H and O–H groups in total. The Hall–Kier alpha value is -1.86. The van der Waals surface area contributed by atoms with E-state index in [9.17, 15) is 8.42 Å². The molecule has 19 heavy (non-hydrogen) atoms. The Kier molecular flexibility index (Phi) is 3.59. The number of sulfonamides is 1. The van der Waals surface area contributed by atoms with Crippen LogP contribution in [0.15, 0.2) is 35.4 Å². The molecule has 0 aliphatic heterocycles. The summed E-state index contributed by atoms with van der Waals surface area (Å²) in [6.07, 6.45) is 1.62. The summed E-state index contributed by atoms with van der Waals surface area (Å²) in [5.41, 5.74) is 7.68. The molecule has 0 saturated heterocycles. The lowest BCUT2D eigenvalue weighted by Gasteiger charge is -2.08. The lowest BCUT2D eigenvalue weighted by Crippen LogP contribution is -2.24. The summed E-state index contributed by atoms with van der Waals surface area (Å²) in [5.74, 6) is 0. The Morgan fingerprint density at radius 2 is 2.11 bits per heavy atom. The van der Waals surface area contributed by atoms with Gasteiger partial charge in [-0.1, -0.05) is 0 Å². The van der Waals surface area contributed by atoms with Gasteiger partial charge in [0, 0.05) is 18.9 Å². The van der Waals surface area contributed by atoms with Gasteiger partial charge in [0.1, 0.15) is 0 Å². The molecule has 7 heteroatoms. The molecule has 6 nitrogen and oxygen atoms in total. The average Bonchev–Trinajstić information content (AvgIpc) is 2.71. The fraction of sp³-hybridized carbons (Fsp3) is 0.250. The molecule has 0 unspecified atom stereocenters. The van der Waals surface area contributed by atoms with Crippen molar-refractivity contribution in [3.63, 3.8) is 0 Å². The average molecular weight is 280 g/mol. The first-order chi connectivity index (χ1) is 8.88. The van der Waals surface area contributed by atoms with Crippen LogP contribution in [0, 0.1) is 6.92 Å². The monoisotopic (exact) mass is 280 g/mol. The fourth-order valence-corrected chi connectivity index (χ4v) is 2.90. The van der Waals surface area contributed by atoms with E-state index in [2.05, 4.69) is 9.82 Å². The zero-order valence-electron chi connectivity index (χ0n) is 10.8. The molecule has 1 aromatic heterocycles. The topological polar surface area (TPSA) is 90.0 Å². The first-order valence-corrected chi connectivity index (χ1v) is 7.20. The SMILES string of the molecule is Cc1cc(N)cc(S(=O)(=O)NCc2ccnn2C)c1. The van der Waals surface area contributed by atoms with Crippen LogP contribution >= 0.6 is 0 Å². The van der Waals surface area contributed by atoms with E-state index in [1.54, 1.807) is 43.0 Å². The number of nitrogens with one attached hydrogen (secondary N) is 1. The predicted octanol–water partition coefficient (Wildman–Crippen LogP) is 0.789. The van der Waals surface area contributed by atoms with Gasteiger partial charge < -0.3 is 5.73 Å². The summed E-state index contributed by atoms with van der Waals surface area (Å²) in [7, 11) is -1.81. The smallest absolute Gasteiger partial charge is 0.241 e. The van der Waals surface area contributed by atoms with E-state index in [0.29, 0.717) is 5.69 Å². The molecule has 0 aliphatic carbocycles. The third-order valence-corrected chi connectivity index (χ3v) is 4.13. The largest absolute Gasteiger partial charge is 0.399 e. The highest BCUT2D eigenvalue weighted by molar-refractivity contribution is 7.89. The Balaban J connectivity index is 2.21. The highest BCUT2D eigenvalue weighted by Crippen LogP contribution is 2.16. The zero-order valence-corrected chi connectivity index (χ0v) is 11.6. The summed E-state index contributed by atoms with van der Waals surface area (Å²) in [6.45, 7) is 1.99. The number of aryl methyl sites for hydroxylation is 2. The summed E-state index contributed by atoms with van der Waals surface area (Å²) in [4.78, 5) is 0.173. The normalized spacial score (nSPS) is 11.7. The molecule has 0 fully saturated rings. The van der Waals surface area contributed by atoms with Crippen LogP contribution in [0.4, 0.5) is 5.69 Å². The minimum absolute atomic E-state index is 0.173. The summed E-state index contributed by atoms with van der Waals surface area (Å²) >= 11 is 0. The van der Waals surface area contributed by atoms with Crippen molar-refractivity contribution in [1.29, 1.82) is 0 Å². The number of benzene rings is 1. The predicted molar refractivity (Wildman–Crippen MR) is 72.8 cm³/mol. The quantitative estimate of drug-likeness (QED) is 0.810. The Morgan fingerprint density at radius 3 is 2.68 bits per heavy atom. The lowest BCUT2D eigenvalue weighted by atomic mass is 10.2. The second kappa shape index (κ2) is 5.02. The van der Waals surface area contributed by atoms with Crippen molar-refractivity contribution in [2.75, 3.05) is 5.73 Å². The molecule has 0 spiro atoms. The van der Waals surface area contributed by atoms with Gasteiger partial charge in [-0.2, -0.15) is 5.10 Å². The molecule has 2 aromatic rings. The number of hydrogen-bond acceptors (Lipinski definition) is 4. The van der Waals surface area contributed by atoms with Crippen LogP contribution < -0.4 is 10.5 Å². The van der Waals surface area contributed by atoms with Gasteiger partial charge in [0.05, 0.1) is 17.1 Å². The summed E-state index contributed by atoms with van der Waals surface area (Å²) in [6, 6.07) is 6.51. The van der Waals surface area contributed by atoms with Gasteiger partial charge in [0.25, 0.3) is 0 Å². The molecule has 0 amide bonds. The van der Waals surface area contributed by atoms with Crippen LogP contribution in [0.5, 0.6) is 0 Å². The number of hydrogen-bond donors (Lipinski definition) is 2. The van der Waals surface area contributed by atoms with E-state index in [4.69, 9.17) is 5.73 Å². The zero-order chi connectivity index (χ0) is 14.0. The Labute approximate surface area is 112 Å². The summed E-state index contributed by atoms with van der Waals surface area (Å²) < 4.78 is 28.4. The molecule has 2 rings (SSSR count). The van der Waals surface area contributed by atoms with Crippen LogP contribution in [-0.4, -0.2) is 18.2 Å². The van der Waals surface area contributed by atoms with E-state index < -0.39 is 10.0 Å². The van der Waals surface area contributed by atoms with E-state index in [1.807, 2.05) is 0 Å². The van der Waals surface area contributed by atoms with Crippen molar-refractivity contribution in [2.45, 2.75) is 18.4 Å². The maximum absolute atomic E-state index is 12.1. The third-order valence-electron chi connectivity index (χ3n) is 2.75. The molecule has 1 aromatic carbocycles. The lowest BCUT2D eigenvalue weighted by molar-refractivity contribution is 0.577. The van der Waals surface area contributed by atoms with Gasteiger partial charge in [0.15, 0.2) is 0 Å². The highest BCUT2D eigenvalue weighted by atomic mass is 32.2. The van der Waals surface area contributed by atoms with Crippen molar-refractivity contribution in [3.05, 3.63) is 41.7 Å². The number of nitrogens with two attached hydrogens (primary N) is 1. The first kappa shape index (κ1) is 13.6. The van der Waals surface area contributed by atoms with E-state index in [1.165, 1.54) is 6.07 Å². The molecule has 1 heterocycles. The molecule has 0 radical (unpaired) electrons. The van der Waals surface area contributed by atoms with Gasteiger partial charge in [0.2, 0.25) is 10.0 Å². The van der Waals surface area contributed by atoms with Crippen molar-refractivity contribution in [2.24, 2.45) is 7.05 Å². The van der Waals surface area contributed by atoms with E-state index >= 15 is 0 Å². The van der Waals surface area contributed by atoms with Crippen LogP contribution in [0.25, 0.3) is 0 Å². The molecule has 0 bridgehead atoms. The standard InChI is InChI=1S/C12H16N4O2S/c1-9-5-10(13)7-12(6-9)19(17,18)15-8-11-3-4-14-16(11)2/h3-7,15H,8,13H2,1-2H3. The van der Waals surface area contributed by atoms with Gasteiger partial charge in [-0.05, 0) is 36.8 Å². The fourth-order valence-electron chi connectivity index (χ4n) is 1.76. The number of rotatable bonds is 4. The van der Waals surface area contributed by atoms with Crippen molar-refractivity contribution < 1.29 is 8.42 Å². The van der Waals surface area contributed by atoms with Crippen LogP contribution in [0.3, 0.4) is 0 Å². The molecule has 102 valence electrons. The van der Waals surface area contributed by atoms with E-state index in [-0.39, 0.29) is 11.4 Å². The number of aromatic nitrogens is 2. The minimum Gasteiger partial charge on any atom is -0.399 e. The van der Waals surface area contributed by atoms with Gasteiger partial charge in [-0.15, -0.1) is 0 Å². The van der Waals surface area contributed by atoms with Crippen molar-refractivity contribution >= 4 is 15.7 Å². The van der Waals surface area contributed by atoms with Crippen molar-refractivity contribution in [1.82, 2.24) is 14.5 Å². The molecular weight excluding hydrogens is 264 g/mol. The maximum atomic E-state index is 12.1.